The first-order valence-electron chi connectivity index (χ1n) is 1.99. The highest BCUT2D eigenvalue weighted by molar-refractivity contribution is 7.99. The Labute approximate surface area is 42.7 Å². The fourth-order valence-corrected chi connectivity index (χ4v) is 1.63. The van der Waals surface area contributed by atoms with Gasteiger partial charge in [-0.05, 0) is 14.8 Å². The molecule has 0 amide bonds. The summed E-state index contributed by atoms with van der Waals surface area (Å²) in [5, 5.41) is 0. The molecule has 0 aliphatic heterocycles. The van der Waals surface area contributed by atoms with E-state index in [1.807, 2.05) is 0 Å². The Morgan fingerprint density at radius 1 is 1.83 bits per heavy atom. The minimum atomic E-state index is 0.177. The van der Waals surface area contributed by atoms with Gasteiger partial charge in [-0.2, -0.15) is 8.46 Å². The second-order valence-corrected chi connectivity index (χ2v) is 3.88. The van der Waals surface area contributed by atoms with Crippen LogP contribution in [0.3, 0.4) is 0 Å². The van der Waals surface area contributed by atoms with Gasteiger partial charge in [-0.15, -0.1) is 0 Å². The molecule has 0 rings (SSSR count). The summed E-state index contributed by atoms with van der Waals surface area (Å²) in [5.74, 6) is 0. The topological polar surface area (TPSA) is 20.2 Å². The predicted molar refractivity (Wildman–Crippen MR) is 36.5 cm³/mol. The van der Waals surface area contributed by atoms with Crippen LogP contribution in [0.4, 0.5) is 0 Å². The van der Waals surface area contributed by atoms with Crippen LogP contribution >= 0.6 is 17.1 Å². The van der Waals surface area contributed by atoms with Gasteiger partial charge in [-0.3, -0.25) is 0 Å². The van der Waals surface area contributed by atoms with Gasteiger partial charge >= 0.3 is 0 Å². The van der Waals surface area contributed by atoms with Gasteiger partial charge in [-0.1, -0.05) is 6.92 Å². The number of hydrogen-bond acceptors (Lipinski definition) is 1. The van der Waals surface area contributed by atoms with Gasteiger partial charge in [0.2, 0.25) is 6.72 Å². The van der Waals surface area contributed by atoms with E-state index in [1.165, 1.54) is 6.16 Å². The zero-order valence-corrected chi connectivity index (χ0v) is 5.86. The lowest BCUT2D eigenvalue weighted by Crippen LogP contribution is -1.65. The SMILES string of the molecule is CCPBPO. The van der Waals surface area contributed by atoms with E-state index >= 15 is 0 Å². The van der Waals surface area contributed by atoms with E-state index < -0.39 is 0 Å². The van der Waals surface area contributed by atoms with Crippen LogP contribution in [0.2, 0.25) is 0 Å². The van der Waals surface area contributed by atoms with Gasteiger partial charge in [-0.25, -0.2) is 0 Å². The molecule has 4 heteroatoms. The van der Waals surface area contributed by atoms with Crippen LogP contribution in [-0.4, -0.2) is 17.8 Å². The molecule has 0 bridgehead atoms. The first-order chi connectivity index (χ1) is 2.91. The molecule has 0 aromatic heterocycles. The molecule has 0 aromatic rings. The van der Waals surface area contributed by atoms with Crippen molar-refractivity contribution in [3.63, 3.8) is 0 Å². The quantitative estimate of drug-likeness (QED) is 0.329. The molecule has 0 aliphatic rings. The first kappa shape index (κ1) is 6.88. The van der Waals surface area contributed by atoms with Crippen molar-refractivity contribution >= 4 is 23.9 Å². The van der Waals surface area contributed by atoms with E-state index in [4.69, 9.17) is 4.89 Å². The third-order valence-electron chi connectivity index (χ3n) is 0.454. The fourth-order valence-electron chi connectivity index (χ4n) is 0.181. The van der Waals surface area contributed by atoms with Gasteiger partial charge in [0.1, 0.15) is 0 Å². The zero-order chi connectivity index (χ0) is 4.83. The molecule has 1 nitrogen and oxygen atoms in total. The maximum Gasteiger partial charge on any atom is 0.208 e. The molecule has 0 saturated heterocycles. The van der Waals surface area contributed by atoms with E-state index in [-0.39, 0.29) is 8.69 Å². The third-order valence-corrected chi connectivity index (χ3v) is 2.59. The first-order valence-corrected chi connectivity index (χ1v) is 4.56. The minimum Gasteiger partial charge on any atom is -0.387 e. The van der Waals surface area contributed by atoms with Crippen molar-refractivity contribution in [2.24, 2.45) is 0 Å². The van der Waals surface area contributed by atoms with Crippen molar-refractivity contribution < 1.29 is 4.89 Å². The van der Waals surface area contributed by atoms with Gasteiger partial charge in [0.05, 0.1) is 0 Å². The summed E-state index contributed by atoms with van der Waals surface area (Å²) in [7, 11) is 1.15. The molecule has 0 heterocycles. The van der Waals surface area contributed by atoms with E-state index in [1.54, 1.807) is 0 Å². The van der Waals surface area contributed by atoms with Crippen LogP contribution in [0.1, 0.15) is 6.92 Å². The van der Waals surface area contributed by atoms with Gasteiger partial charge in [0, 0.05) is 0 Å². The second-order valence-electron chi connectivity index (χ2n) is 0.938. The van der Waals surface area contributed by atoms with E-state index in [9.17, 15) is 0 Å². The molecule has 0 radical (unpaired) electrons. The average Bonchev–Trinajstić information content (AvgIpc) is 1.61. The lowest BCUT2D eigenvalue weighted by atomic mass is 10.7. The summed E-state index contributed by atoms with van der Waals surface area (Å²) in [6.45, 7) is 3.16. The highest BCUT2D eigenvalue weighted by Gasteiger charge is 1.80. The molecule has 2 atom stereocenters. The Morgan fingerprint density at radius 2 is 2.50 bits per heavy atom. The van der Waals surface area contributed by atoms with Crippen molar-refractivity contribution in [3.8, 4) is 0 Å². The van der Waals surface area contributed by atoms with E-state index in [2.05, 4.69) is 6.92 Å². The molecular weight excluding hydrogens is 113 g/mol. The minimum absolute atomic E-state index is 0.177. The normalized spacial score (nSPS) is 12.3. The molecule has 6 heavy (non-hydrogen) atoms. The molecule has 0 aromatic carbocycles. The molecule has 0 saturated carbocycles. The van der Waals surface area contributed by atoms with Crippen molar-refractivity contribution in [1.29, 1.82) is 0 Å². The van der Waals surface area contributed by atoms with Crippen molar-refractivity contribution in [1.82, 2.24) is 0 Å². The summed E-state index contributed by atoms with van der Waals surface area (Å²) in [6, 6.07) is 0. The highest BCUT2D eigenvalue weighted by atomic mass is 31.1. The molecule has 36 valence electrons. The molecule has 0 fully saturated rings. The van der Waals surface area contributed by atoms with Crippen molar-refractivity contribution in [2.75, 3.05) is 6.16 Å². The molecule has 0 aliphatic carbocycles. The molecule has 0 spiro atoms. The van der Waals surface area contributed by atoms with E-state index in [0.717, 1.165) is 15.2 Å². The van der Waals surface area contributed by atoms with Gasteiger partial charge < -0.3 is 4.89 Å². The number of rotatable bonds is 3. The standard InChI is InChI=1S/C2H9BOP2/c1-2-5-3-6-4/h3-6H,2H2,1H3. The van der Waals surface area contributed by atoms with E-state index in [0.29, 0.717) is 0 Å². The largest absolute Gasteiger partial charge is 0.387 e. The summed E-state index contributed by atoms with van der Waals surface area (Å²) < 4.78 is 0. The highest BCUT2D eigenvalue weighted by Crippen LogP contribution is 2.14. The average molecular weight is 122 g/mol. The Hall–Kier alpha value is 0.885. The van der Waals surface area contributed by atoms with Gasteiger partial charge in [0.25, 0.3) is 0 Å². The maximum atomic E-state index is 8.23. The summed E-state index contributed by atoms with van der Waals surface area (Å²) in [4.78, 5) is 8.23. The predicted octanol–water partition coefficient (Wildman–Crippen LogP) is 0.537. The lowest BCUT2D eigenvalue weighted by Gasteiger charge is -1.84. The van der Waals surface area contributed by atoms with Crippen LogP contribution in [0.25, 0.3) is 0 Å². The lowest BCUT2D eigenvalue weighted by molar-refractivity contribution is 0.659. The Morgan fingerprint density at radius 3 is 2.67 bits per heavy atom. The zero-order valence-electron chi connectivity index (χ0n) is 3.86. The van der Waals surface area contributed by atoms with Crippen LogP contribution < -0.4 is 0 Å². The summed E-state index contributed by atoms with van der Waals surface area (Å²) in [6.07, 6.45) is 1.23. The Balaban J connectivity index is 2.34. The van der Waals surface area contributed by atoms with Crippen molar-refractivity contribution in [2.45, 2.75) is 6.92 Å². The molecular formula is C2H9BOP2. The Kier molecular flexibility index (Phi) is 6.75. The molecule has 1 N–H and O–H groups in total. The van der Waals surface area contributed by atoms with Crippen LogP contribution in [0.15, 0.2) is 0 Å². The van der Waals surface area contributed by atoms with Gasteiger partial charge in [0.15, 0.2) is 0 Å². The van der Waals surface area contributed by atoms with Crippen LogP contribution in [-0.2, 0) is 0 Å². The Bertz CT molecular complexity index is 23.5. The summed E-state index contributed by atoms with van der Waals surface area (Å²) >= 11 is 0. The van der Waals surface area contributed by atoms with Crippen LogP contribution in [0, 0.1) is 0 Å². The summed E-state index contributed by atoms with van der Waals surface area (Å²) in [5.41, 5.74) is 0. The second kappa shape index (κ2) is 5.88. The smallest absolute Gasteiger partial charge is 0.208 e. The monoisotopic (exact) mass is 122 g/mol. The fraction of sp³-hybridized carbons (Fsp3) is 1.00. The molecule has 2 unspecified atom stereocenters. The number of hydrogen-bond donors (Lipinski definition) is 1. The van der Waals surface area contributed by atoms with Crippen LogP contribution in [0.5, 0.6) is 0 Å². The third kappa shape index (κ3) is 4.88. The maximum absolute atomic E-state index is 8.23. The van der Waals surface area contributed by atoms with Crippen molar-refractivity contribution in [3.05, 3.63) is 0 Å².